The Morgan fingerprint density at radius 1 is 1.40 bits per heavy atom. The quantitative estimate of drug-likeness (QED) is 0.252. The normalized spacial score (nSPS) is 15.2. The number of nitriles is 1. The summed E-state index contributed by atoms with van der Waals surface area (Å²) in [4.78, 5) is 24.5. The fraction of sp³-hybridized carbons (Fsp3) is 0.320. The monoisotopic (exact) mass is 505 g/mol. The molecular weight excluding hydrogens is 482 g/mol. The number of hydrogen-bond acceptors (Lipinski definition) is 9. The van der Waals surface area contributed by atoms with E-state index in [1.54, 1.807) is 19.1 Å². The SMILES string of the molecule is [C-]#[N+]c1c(N)nc(SCc2csc(-c3ccc(C(=O)OCC)cc3)n2)c(C#N)c1C1CCCOC1. The number of benzene rings is 1. The first-order chi connectivity index (χ1) is 17.0. The highest BCUT2D eigenvalue weighted by Crippen LogP contribution is 2.42. The van der Waals surface area contributed by atoms with Crippen LogP contribution < -0.4 is 5.73 Å². The van der Waals surface area contributed by atoms with Crippen LogP contribution in [0.3, 0.4) is 0 Å². The van der Waals surface area contributed by atoms with Crippen LogP contribution in [0.25, 0.3) is 15.4 Å². The third-order valence-corrected chi connectivity index (χ3v) is 7.50. The minimum atomic E-state index is -0.348. The zero-order valence-corrected chi connectivity index (χ0v) is 20.7. The Balaban J connectivity index is 1.54. The topological polar surface area (TPSA) is 115 Å². The molecule has 0 amide bonds. The van der Waals surface area contributed by atoms with Gasteiger partial charge in [0.1, 0.15) is 21.9 Å². The molecule has 178 valence electrons. The number of esters is 1. The summed E-state index contributed by atoms with van der Waals surface area (Å²) in [5.41, 5.74) is 9.67. The molecule has 35 heavy (non-hydrogen) atoms. The minimum Gasteiger partial charge on any atom is -0.462 e. The summed E-state index contributed by atoms with van der Waals surface area (Å²) in [5.74, 6) is 0.244. The third kappa shape index (κ3) is 5.46. The Kier molecular flexibility index (Phi) is 7.98. The van der Waals surface area contributed by atoms with Crippen molar-refractivity contribution in [3.05, 3.63) is 63.4 Å². The molecule has 0 bridgehead atoms. The van der Waals surface area contributed by atoms with E-state index in [-0.39, 0.29) is 23.4 Å². The number of thiazole rings is 1. The van der Waals surface area contributed by atoms with Gasteiger partial charge in [-0.25, -0.2) is 19.6 Å². The summed E-state index contributed by atoms with van der Waals surface area (Å²) < 4.78 is 10.6. The maximum atomic E-state index is 11.9. The summed E-state index contributed by atoms with van der Waals surface area (Å²) in [7, 11) is 0. The Labute approximate surface area is 211 Å². The molecule has 1 unspecified atom stereocenters. The second kappa shape index (κ2) is 11.3. The average molecular weight is 506 g/mol. The average Bonchev–Trinajstić information content (AvgIpc) is 3.37. The predicted molar refractivity (Wildman–Crippen MR) is 135 cm³/mol. The lowest BCUT2D eigenvalue weighted by Gasteiger charge is -2.25. The number of aromatic nitrogens is 2. The van der Waals surface area contributed by atoms with Gasteiger partial charge in [-0.05, 0) is 43.4 Å². The molecule has 0 saturated carbocycles. The fourth-order valence-corrected chi connectivity index (χ4v) is 5.72. The van der Waals surface area contributed by atoms with Crippen molar-refractivity contribution in [2.24, 2.45) is 0 Å². The molecule has 1 saturated heterocycles. The van der Waals surface area contributed by atoms with Crippen molar-refractivity contribution in [1.29, 1.82) is 5.26 Å². The second-order valence-electron chi connectivity index (χ2n) is 7.81. The first-order valence-electron chi connectivity index (χ1n) is 11.1. The van der Waals surface area contributed by atoms with Gasteiger partial charge in [0, 0.05) is 23.3 Å². The summed E-state index contributed by atoms with van der Waals surface area (Å²) in [6.45, 7) is 10.8. The number of thioether (sulfide) groups is 1. The van der Waals surface area contributed by atoms with E-state index in [9.17, 15) is 10.1 Å². The van der Waals surface area contributed by atoms with Crippen LogP contribution in [0.2, 0.25) is 0 Å². The molecule has 3 heterocycles. The molecule has 2 N–H and O–H groups in total. The highest BCUT2D eigenvalue weighted by Gasteiger charge is 2.27. The van der Waals surface area contributed by atoms with Crippen LogP contribution in [-0.4, -0.2) is 35.8 Å². The largest absolute Gasteiger partial charge is 0.462 e. The van der Waals surface area contributed by atoms with Gasteiger partial charge in [0.2, 0.25) is 5.69 Å². The minimum absolute atomic E-state index is 0.0457. The van der Waals surface area contributed by atoms with Gasteiger partial charge >= 0.3 is 5.97 Å². The highest BCUT2D eigenvalue weighted by atomic mass is 32.2. The molecule has 2 aromatic heterocycles. The van der Waals surface area contributed by atoms with Crippen molar-refractivity contribution in [3.8, 4) is 16.6 Å². The number of pyridine rings is 1. The van der Waals surface area contributed by atoms with Gasteiger partial charge in [-0.15, -0.1) is 11.3 Å². The number of nitrogen functional groups attached to an aromatic ring is 1. The zero-order valence-electron chi connectivity index (χ0n) is 19.1. The smallest absolute Gasteiger partial charge is 0.338 e. The molecule has 4 rings (SSSR count). The Hall–Kier alpha value is -3.44. The highest BCUT2D eigenvalue weighted by molar-refractivity contribution is 7.98. The second-order valence-corrected chi connectivity index (χ2v) is 9.63. The maximum absolute atomic E-state index is 11.9. The van der Waals surface area contributed by atoms with Crippen LogP contribution in [0.5, 0.6) is 0 Å². The van der Waals surface area contributed by atoms with E-state index in [1.807, 2.05) is 17.5 Å². The van der Waals surface area contributed by atoms with Gasteiger partial charge in [0.25, 0.3) is 0 Å². The van der Waals surface area contributed by atoms with Crippen LogP contribution in [0, 0.1) is 17.9 Å². The van der Waals surface area contributed by atoms with E-state index in [0.717, 1.165) is 29.1 Å². The van der Waals surface area contributed by atoms with Crippen molar-refractivity contribution >= 4 is 40.6 Å². The van der Waals surface area contributed by atoms with Crippen LogP contribution in [-0.2, 0) is 15.2 Å². The van der Waals surface area contributed by atoms with Crippen LogP contribution in [0.1, 0.15) is 52.9 Å². The molecule has 0 radical (unpaired) electrons. The number of carbonyl (C=O) groups excluding carboxylic acids is 1. The molecule has 1 aromatic carbocycles. The molecule has 3 aromatic rings. The van der Waals surface area contributed by atoms with Gasteiger partial charge in [0.05, 0.1) is 36.6 Å². The first-order valence-corrected chi connectivity index (χ1v) is 13.0. The number of nitrogens with zero attached hydrogens (tertiary/aromatic N) is 4. The van der Waals surface area contributed by atoms with Crippen LogP contribution in [0.15, 0.2) is 34.7 Å². The van der Waals surface area contributed by atoms with Gasteiger partial charge in [-0.3, -0.25) is 0 Å². The first kappa shape index (κ1) is 24.7. The molecule has 0 aliphatic carbocycles. The van der Waals surface area contributed by atoms with E-state index in [1.165, 1.54) is 23.1 Å². The van der Waals surface area contributed by atoms with Crippen LogP contribution in [0.4, 0.5) is 11.5 Å². The Morgan fingerprint density at radius 2 is 2.20 bits per heavy atom. The van der Waals surface area contributed by atoms with E-state index in [4.69, 9.17) is 26.8 Å². The third-order valence-electron chi connectivity index (χ3n) is 5.55. The molecule has 1 fully saturated rings. The number of anilines is 1. The van der Waals surface area contributed by atoms with Gasteiger partial charge in [-0.1, -0.05) is 23.9 Å². The summed E-state index contributed by atoms with van der Waals surface area (Å²) >= 11 is 2.88. The molecule has 1 aliphatic heterocycles. The number of nitrogens with two attached hydrogens (primary N) is 1. The van der Waals surface area contributed by atoms with Crippen molar-refractivity contribution < 1.29 is 14.3 Å². The van der Waals surface area contributed by atoms with E-state index in [0.29, 0.717) is 47.3 Å². The Morgan fingerprint density at radius 3 is 2.86 bits per heavy atom. The summed E-state index contributed by atoms with van der Waals surface area (Å²) in [6, 6.07) is 9.41. The maximum Gasteiger partial charge on any atom is 0.338 e. The standard InChI is InChI=1S/C25H23N5O3S2/c1-3-33-25(31)16-8-6-15(7-9-16)23-29-18(13-34-23)14-35-24-19(11-26)20(17-5-4-10-32-12-17)21(28-2)22(27)30-24/h6-9,13,17H,3-5,10,12,14H2,1H3,(H2,27,30). The number of rotatable bonds is 7. The molecule has 8 nitrogen and oxygen atoms in total. The summed E-state index contributed by atoms with van der Waals surface area (Å²) in [6.07, 6.45) is 1.72. The van der Waals surface area contributed by atoms with E-state index in [2.05, 4.69) is 15.9 Å². The summed E-state index contributed by atoms with van der Waals surface area (Å²) in [5, 5.41) is 13.2. The molecule has 0 spiro atoms. The lowest BCUT2D eigenvalue weighted by atomic mass is 9.89. The van der Waals surface area contributed by atoms with Crippen LogP contribution >= 0.6 is 23.1 Å². The molecular formula is C25H23N5O3S2. The number of carbonyl (C=O) groups is 1. The van der Waals surface area contributed by atoms with Crippen molar-refractivity contribution in [3.63, 3.8) is 0 Å². The van der Waals surface area contributed by atoms with Crippen molar-refractivity contribution in [2.45, 2.75) is 36.5 Å². The predicted octanol–water partition coefficient (Wildman–Crippen LogP) is 5.57. The number of hydrogen-bond donors (Lipinski definition) is 1. The molecule has 1 atom stereocenters. The van der Waals surface area contributed by atoms with Gasteiger partial charge in [-0.2, -0.15) is 5.26 Å². The Bertz CT molecular complexity index is 1300. The number of ether oxygens (including phenoxy) is 2. The van der Waals surface area contributed by atoms with Crippen molar-refractivity contribution in [2.75, 3.05) is 25.6 Å². The lowest BCUT2D eigenvalue weighted by Crippen LogP contribution is -2.18. The van der Waals surface area contributed by atoms with Gasteiger partial charge in [0.15, 0.2) is 0 Å². The van der Waals surface area contributed by atoms with E-state index >= 15 is 0 Å². The molecule has 10 heteroatoms. The zero-order chi connectivity index (χ0) is 24.8. The fourth-order valence-electron chi connectivity index (χ4n) is 3.90. The lowest BCUT2D eigenvalue weighted by molar-refractivity contribution is 0.0526. The van der Waals surface area contributed by atoms with Gasteiger partial charge < -0.3 is 15.2 Å². The molecule has 1 aliphatic rings. The van der Waals surface area contributed by atoms with Crippen molar-refractivity contribution in [1.82, 2.24) is 9.97 Å². The van der Waals surface area contributed by atoms with E-state index < -0.39 is 0 Å².